The van der Waals surface area contributed by atoms with Gasteiger partial charge in [-0.25, -0.2) is 0 Å². The third-order valence-electron chi connectivity index (χ3n) is 5.19. The fourth-order valence-electron chi connectivity index (χ4n) is 3.96. The number of carboxylic acid groups (broad SMARTS) is 1. The zero-order valence-corrected chi connectivity index (χ0v) is 12.9. The second-order valence-corrected chi connectivity index (χ2v) is 6.76. The predicted octanol–water partition coefficient (Wildman–Crippen LogP) is 4.21. The maximum absolute atomic E-state index is 12.0. The summed E-state index contributed by atoms with van der Waals surface area (Å²) in [6.07, 6.45) is 8.01. The number of benzene rings is 1. The molecule has 0 amide bonds. The van der Waals surface area contributed by atoms with Gasteiger partial charge < -0.3 is 10.2 Å². The highest BCUT2D eigenvalue weighted by Gasteiger charge is 2.44. The third-order valence-corrected chi connectivity index (χ3v) is 5.60. The summed E-state index contributed by atoms with van der Waals surface area (Å²) in [5, 5.41) is 20.7. The standard InChI is InChI=1S/C17H21ClO3/c18-14-12-7-3-2-6-11(12)10-13(15(14)19)17(16(20)21)8-4-1-5-9-17/h10,19H,1-9H2,(H,20,21). The first-order chi connectivity index (χ1) is 10.1. The van der Waals surface area contributed by atoms with Crippen LogP contribution in [0.2, 0.25) is 5.02 Å². The Morgan fingerprint density at radius 1 is 1.10 bits per heavy atom. The van der Waals surface area contributed by atoms with Crippen molar-refractivity contribution in [1.82, 2.24) is 0 Å². The Labute approximate surface area is 129 Å². The Balaban J connectivity index is 2.16. The van der Waals surface area contributed by atoms with Crippen molar-refractivity contribution in [2.75, 3.05) is 0 Å². The number of fused-ring (bicyclic) bond motifs is 1. The molecule has 0 unspecified atom stereocenters. The molecular formula is C17H21ClO3. The van der Waals surface area contributed by atoms with E-state index in [9.17, 15) is 15.0 Å². The zero-order valence-electron chi connectivity index (χ0n) is 12.1. The molecular weight excluding hydrogens is 288 g/mol. The van der Waals surface area contributed by atoms with Crippen LogP contribution in [0.25, 0.3) is 0 Å². The van der Waals surface area contributed by atoms with Gasteiger partial charge in [0.25, 0.3) is 0 Å². The molecule has 1 saturated carbocycles. The molecule has 0 aromatic heterocycles. The summed E-state index contributed by atoms with van der Waals surface area (Å²) in [4.78, 5) is 12.0. The summed E-state index contributed by atoms with van der Waals surface area (Å²) in [6, 6.07) is 1.93. The summed E-state index contributed by atoms with van der Waals surface area (Å²) in [7, 11) is 0. The molecule has 1 aromatic carbocycles. The van der Waals surface area contributed by atoms with Crippen LogP contribution in [0.3, 0.4) is 0 Å². The average molecular weight is 309 g/mol. The molecule has 0 spiro atoms. The van der Waals surface area contributed by atoms with E-state index in [1.165, 1.54) is 0 Å². The van der Waals surface area contributed by atoms with Crippen LogP contribution < -0.4 is 0 Å². The molecule has 1 aromatic rings. The van der Waals surface area contributed by atoms with Crippen molar-refractivity contribution in [3.63, 3.8) is 0 Å². The maximum Gasteiger partial charge on any atom is 0.314 e. The molecule has 3 nitrogen and oxygen atoms in total. The predicted molar refractivity (Wildman–Crippen MR) is 82.2 cm³/mol. The summed E-state index contributed by atoms with van der Waals surface area (Å²) in [6.45, 7) is 0. The largest absolute Gasteiger partial charge is 0.506 e. The molecule has 0 atom stereocenters. The van der Waals surface area contributed by atoms with E-state index in [0.717, 1.165) is 56.1 Å². The number of halogens is 1. The Morgan fingerprint density at radius 3 is 2.43 bits per heavy atom. The summed E-state index contributed by atoms with van der Waals surface area (Å²) in [5.74, 6) is -0.828. The molecule has 21 heavy (non-hydrogen) atoms. The number of phenols is 1. The van der Waals surface area contributed by atoms with Gasteiger partial charge in [0.1, 0.15) is 5.75 Å². The summed E-state index contributed by atoms with van der Waals surface area (Å²) in [5.41, 5.74) is 1.73. The lowest BCUT2D eigenvalue weighted by atomic mass is 9.68. The molecule has 1 fully saturated rings. The van der Waals surface area contributed by atoms with Crippen LogP contribution in [0.15, 0.2) is 6.07 Å². The average Bonchev–Trinajstić information content (AvgIpc) is 2.51. The number of hydrogen-bond acceptors (Lipinski definition) is 2. The highest BCUT2D eigenvalue weighted by atomic mass is 35.5. The molecule has 0 heterocycles. The Kier molecular flexibility index (Phi) is 3.87. The minimum atomic E-state index is -0.960. The number of hydrogen-bond donors (Lipinski definition) is 2. The van der Waals surface area contributed by atoms with Gasteiger partial charge in [0.2, 0.25) is 0 Å². The lowest BCUT2D eigenvalue weighted by Gasteiger charge is -2.35. The van der Waals surface area contributed by atoms with Gasteiger partial charge in [-0.15, -0.1) is 0 Å². The second-order valence-electron chi connectivity index (χ2n) is 6.38. The van der Waals surface area contributed by atoms with Gasteiger partial charge in [0.15, 0.2) is 0 Å². The first kappa shape index (κ1) is 14.7. The molecule has 0 aliphatic heterocycles. The van der Waals surface area contributed by atoms with Crippen molar-refractivity contribution in [3.8, 4) is 5.75 Å². The van der Waals surface area contributed by atoms with Gasteiger partial charge in [-0.05, 0) is 49.7 Å². The quantitative estimate of drug-likeness (QED) is 0.860. The van der Waals surface area contributed by atoms with E-state index in [1.54, 1.807) is 0 Å². The molecule has 0 saturated heterocycles. The van der Waals surface area contributed by atoms with Gasteiger partial charge in [-0.2, -0.15) is 0 Å². The first-order valence-corrected chi connectivity index (χ1v) is 8.21. The highest BCUT2D eigenvalue weighted by molar-refractivity contribution is 6.33. The van der Waals surface area contributed by atoms with Gasteiger partial charge >= 0.3 is 5.97 Å². The number of phenolic OH excluding ortho intramolecular Hbond substituents is 1. The van der Waals surface area contributed by atoms with E-state index >= 15 is 0 Å². The number of aliphatic carboxylic acids is 1. The topological polar surface area (TPSA) is 57.5 Å². The number of carboxylic acids is 1. The Hall–Kier alpha value is -1.22. The molecule has 0 radical (unpaired) electrons. The SMILES string of the molecule is O=C(O)C1(c2cc3c(c(Cl)c2O)CCCC3)CCCCC1. The van der Waals surface area contributed by atoms with Crippen molar-refractivity contribution < 1.29 is 15.0 Å². The maximum atomic E-state index is 12.0. The van der Waals surface area contributed by atoms with Crippen LogP contribution in [0.1, 0.15) is 61.6 Å². The lowest BCUT2D eigenvalue weighted by Crippen LogP contribution is -2.38. The van der Waals surface area contributed by atoms with E-state index in [1.807, 2.05) is 6.07 Å². The molecule has 3 rings (SSSR count). The molecule has 114 valence electrons. The first-order valence-electron chi connectivity index (χ1n) is 7.83. The highest BCUT2D eigenvalue weighted by Crippen LogP contribution is 2.48. The summed E-state index contributed by atoms with van der Waals surface area (Å²) < 4.78 is 0. The van der Waals surface area contributed by atoms with E-state index < -0.39 is 11.4 Å². The van der Waals surface area contributed by atoms with E-state index in [4.69, 9.17) is 11.6 Å². The second kappa shape index (κ2) is 5.53. The monoisotopic (exact) mass is 308 g/mol. The van der Waals surface area contributed by atoms with Crippen molar-refractivity contribution in [3.05, 3.63) is 27.8 Å². The smallest absolute Gasteiger partial charge is 0.314 e. The zero-order chi connectivity index (χ0) is 15.0. The van der Waals surface area contributed by atoms with Gasteiger partial charge in [-0.3, -0.25) is 4.79 Å². The number of carbonyl (C=O) groups is 1. The van der Waals surface area contributed by atoms with Crippen LogP contribution >= 0.6 is 11.6 Å². The third kappa shape index (κ3) is 2.32. The van der Waals surface area contributed by atoms with Crippen LogP contribution in [-0.4, -0.2) is 16.2 Å². The lowest BCUT2D eigenvalue weighted by molar-refractivity contribution is -0.145. The minimum Gasteiger partial charge on any atom is -0.506 e. The molecule has 2 N–H and O–H groups in total. The van der Waals surface area contributed by atoms with E-state index in [2.05, 4.69) is 0 Å². The van der Waals surface area contributed by atoms with Crippen molar-refractivity contribution in [2.24, 2.45) is 0 Å². The van der Waals surface area contributed by atoms with Crippen molar-refractivity contribution >= 4 is 17.6 Å². The van der Waals surface area contributed by atoms with Crippen LogP contribution in [-0.2, 0) is 23.1 Å². The molecule has 2 aliphatic rings. The van der Waals surface area contributed by atoms with E-state index in [0.29, 0.717) is 23.4 Å². The van der Waals surface area contributed by atoms with Gasteiger partial charge in [-0.1, -0.05) is 36.9 Å². The van der Waals surface area contributed by atoms with Crippen LogP contribution in [0.5, 0.6) is 5.75 Å². The number of aromatic hydroxyl groups is 1. The van der Waals surface area contributed by atoms with Crippen molar-refractivity contribution in [1.29, 1.82) is 0 Å². The van der Waals surface area contributed by atoms with Crippen LogP contribution in [0.4, 0.5) is 0 Å². The van der Waals surface area contributed by atoms with Gasteiger partial charge in [0, 0.05) is 5.56 Å². The van der Waals surface area contributed by atoms with E-state index in [-0.39, 0.29) is 5.75 Å². The number of rotatable bonds is 2. The van der Waals surface area contributed by atoms with Gasteiger partial charge in [0.05, 0.1) is 10.4 Å². The fourth-order valence-corrected chi connectivity index (χ4v) is 4.28. The molecule has 0 bridgehead atoms. The fraction of sp³-hybridized carbons (Fsp3) is 0.588. The molecule has 4 heteroatoms. The summed E-state index contributed by atoms with van der Waals surface area (Å²) >= 11 is 6.36. The molecule has 2 aliphatic carbocycles. The van der Waals surface area contributed by atoms with Crippen LogP contribution in [0, 0.1) is 0 Å². The normalized spacial score (nSPS) is 20.8. The Bertz CT molecular complexity index is 574. The number of aryl methyl sites for hydroxylation is 1. The Morgan fingerprint density at radius 2 is 1.76 bits per heavy atom. The van der Waals surface area contributed by atoms with Crippen molar-refractivity contribution in [2.45, 2.75) is 63.2 Å². The minimum absolute atomic E-state index is 0.00150.